The van der Waals surface area contributed by atoms with Gasteiger partial charge < -0.3 is 14.7 Å². The SMILES string of the molecule is COCCC[C@@]1(C(=O)O)CCCN(c2ccncc2F)C1. The fourth-order valence-corrected chi connectivity index (χ4v) is 3.00. The molecule has 0 amide bonds. The second-order valence-electron chi connectivity index (χ2n) is 5.53. The number of carbonyl (C=O) groups is 1. The molecule has 0 unspecified atom stereocenters. The number of hydrogen-bond acceptors (Lipinski definition) is 4. The zero-order valence-corrected chi connectivity index (χ0v) is 12.2. The first-order valence-electron chi connectivity index (χ1n) is 7.16. The molecule has 1 aromatic heterocycles. The van der Waals surface area contributed by atoms with E-state index in [9.17, 15) is 14.3 Å². The number of pyridine rings is 1. The van der Waals surface area contributed by atoms with Crippen LogP contribution in [-0.4, -0.2) is 42.9 Å². The molecule has 1 saturated heterocycles. The Morgan fingerprint density at radius 1 is 1.62 bits per heavy atom. The van der Waals surface area contributed by atoms with Gasteiger partial charge in [0.05, 0.1) is 17.3 Å². The molecule has 0 aromatic carbocycles. The second-order valence-corrected chi connectivity index (χ2v) is 5.53. The van der Waals surface area contributed by atoms with Crippen LogP contribution < -0.4 is 4.90 Å². The largest absolute Gasteiger partial charge is 0.481 e. The Morgan fingerprint density at radius 2 is 2.43 bits per heavy atom. The van der Waals surface area contributed by atoms with Crippen molar-refractivity contribution in [2.24, 2.45) is 5.41 Å². The number of carboxylic acids is 1. The molecule has 0 saturated carbocycles. The summed E-state index contributed by atoms with van der Waals surface area (Å²) in [6, 6.07) is 1.60. The monoisotopic (exact) mass is 296 g/mol. The lowest BCUT2D eigenvalue weighted by atomic mass is 9.76. The minimum Gasteiger partial charge on any atom is -0.481 e. The number of piperidine rings is 1. The van der Waals surface area contributed by atoms with Crippen molar-refractivity contribution in [1.82, 2.24) is 4.98 Å². The lowest BCUT2D eigenvalue weighted by molar-refractivity contribution is -0.150. The highest BCUT2D eigenvalue weighted by Gasteiger charge is 2.42. The molecule has 21 heavy (non-hydrogen) atoms. The quantitative estimate of drug-likeness (QED) is 0.816. The molecule has 1 aliphatic rings. The molecule has 116 valence electrons. The minimum atomic E-state index is -0.827. The number of nitrogens with zero attached hydrogens (tertiary/aromatic N) is 2. The zero-order valence-electron chi connectivity index (χ0n) is 12.2. The van der Waals surface area contributed by atoms with Gasteiger partial charge in [0.25, 0.3) is 0 Å². The number of aliphatic carboxylic acids is 1. The molecular formula is C15H21FN2O3. The molecule has 0 aliphatic carbocycles. The number of ether oxygens (including phenoxy) is 1. The topological polar surface area (TPSA) is 62.7 Å². The summed E-state index contributed by atoms with van der Waals surface area (Å²) in [4.78, 5) is 17.3. The third-order valence-corrected chi connectivity index (χ3v) is 4.13. The molecule has 1 N–H and O–H groups in total. The molecule has 1 aliphatic heterocycles. The van der Waals surface area contributed by atoms with Gasteiger partial charge in [0.15, 0.2) is 5.82 Å². The van der Waals surface area contributed by atoms with Crippen LogP contribution in [0.25, 0.3) is 0 Å². The van der Waals surface area contributed by atoms with Gasteiger partial charge in [0, 0.05) is 33.0 Å². The van der Waals surface area contributed by atoms with E-state index >= 15 is 0 Å². The molecule has 1 aromatic rings. The van der Waals surface area contributed by atoms with Crippen molar-refractivity contribution in [3.63, 3.8) is 0 Å². The van der Waals surface area contributed by atoms with Gasteiger partial charge in [0.2, 0.25) is 0 Å². The van der Waals surface area contributed by atoms with Crippen LogP contribution in [0.5, 0.6) is 0 Å². The summed E-state index contributed by atoms with van der Waals surface area (Å²) >= 11 is 0. The molecule has 6 heteroatoms. The maximum Gasteiger partial charge on any atom is 0.311 e. The Hall–Kier alpha value is -1.69. The molecule has 2 rings (SSSR count). The van der Waals surface area contributed by atoms with Crippen LogP contribution in [-0.2, 0) is 9.53 Å². The average molecular weight is 296 g/mol. The van der Waals surface area contributed by atoms with Crippen molar-refractivity contribution in [2.75, 3.05) is 31.7 Å². The van der Waals surface area contributed by atoms with Crippen LogP contribution in [0.2, 0.25) is 0 Å². The van der Waals surface area contributed by atoms with Crippen LogP contribution in [0, 0.1) is 11.2 Å². The van der Waals surface area contributed by atoms with Crippen molar-refractivity contribution in [3.05, 3.63) is 24.3 Å². The van der Waals surface area contributed by atoms with Crippen molar-refractivity contribution >= 4 is 11.7 Å². The molecule has 5 nitrogen and oxygen atoms in total. The molecular weight excluding hydrogens is 275 g/mol. The minimum absolute atomic E-state index is 0.326. The van der Waals surface area contributed by atoms with Crippen LogP contribution in [0.1, 0.15) is 25.7 Å². The van der Waals surface area contributed by atoms with Crippen molar-refractivity contribution in [1.29, 1.82) is 0 Å². The van der Waals surface area contributed by atoms with E-state index in [1.807, 2.05) is 4.90 Å². The van der Waals surface area contributed by atoms with Gasteiger partial charge in [-0.1, -0.05) is 0 Å². The number of rotatable bonds is 6. The van der Waals surface area contributed by atoms with Gasteiger partial charge in [-0.25, -0.2) is 4.39 Å². The van der Waals surface area contributed by atoms with Crippen molar-refractivity contribution in [2.45, 2.75) is 25.7 Å². The first-order chi connectivity index (χ1) is 10.1. The van der Waals surface area contributed by atoms with Crippen molar-refractivity contribution in [3.8, 4) is 0 Å². The summed E-state index contributed by atoms with van der Waals surface area (Å²) in [6.07, 6.45) is 5.28. The molecule has 1 atom stereocenters. The van der Waals surface area contributed by atoms with E-state index in [4.69, 9.17) is 4.74 Å². The maximum absolute atomic E-state index is 13.9. The summed E-state index contributed by atoms with van der Waals surface area (Å²) in [5.74, 6) is -1.21. The fraction of sp³-hybridized carbons (Fsp3) is 0.600. The highest BCUT2D eigenvalue weighted by Crippen LogP contribution is 2.37. The molecule has 0 spiro atoms. The normalized spacial score (nSPS) is 22.3. The van der Waals surface area contributed by atoms with Crippen LogP contribution in [0.4, 0.5) is 10.1 Å². The summed E-state index contributed by atoms with van der Waals surface area (Å²) in [7, 11) is 1.60. The predicted octanol–water partition coefficient (Wildman–Crippen LogP) is 2.32. The number of hydrogen-bond donors (Lipinski definition) is 1. The van der Waals surface area contributed by atoms with Crippen LogP contribution in [0.15, 0.2) is 18.5 Å². The van der Waals surface area contributed by atoms with Gasteiger partial charge in [-0.2, -0.15) is 0 Å². The summed E-state index contributed by atoms with van der Waals surface area (Å²) < 4.78 is 18.9. The zero-order chi connectivity index (χ0) is 15.3. The Kier molecular flexibility index (Phi) is 5.12. The number of anilines is 1. The highest BCUT2D eigenvalue weighted by atomic mass is 19.1. The number of carboxylic acid groups (broad SMARTS) is 1. The second kappa shape index (κ2) is 6.85. The van der Waals surface area contributed by atoms with E-state index in [1.54, 1.807) is 13.2 Å². The van der Waals surface area contributed by atoms with Gasteiger partial charge >= 0.3 is 5.97 Å². The third kappa shape index (κ3) is 3.50. The van der Waals surface area contributed by atoms with E-state index in [2.05, 4.69) is 4.98 Å². The van der Waals surface area contributed by atoms with Gasteiger partial charge in [-0.05, 0) is 31.7 Å². The van der Waals surface area contributed by atoms with E-state index in [0.29, 0.717) is 44.6 Å². The van der Waals surface area contributed by atoms with E-state index in [-0.39, 0.29) is 0 Å². The van der Waals surface area contributed by atoms with E-state index < -0.39 is 17.2 Å². The molecule has 2 heterocycles. The van der Waals surface area contributed by atoms with Gasteiger partial charge in [-0.15, -0.1) is 0 Å². The smallest absolute Gasteiger partial charge is 0.311 e. The van der Waals surface area contributed by atoms with E-state index in [0.717, 1.165) is 12.6 Å². The van der Waals surface area contributed by atoms with Crippen molar-refractivity contribution < 1.29 is 19.0 Å². The Bertz CT molecular complexity index is 498. The predicted molar refractivity (Wildman–Crippen MR) is 76.8 cm³/mol. The summed E-state index contributed by atoms with van der Waals surface area (Å²) in [5, 5.41) is 9.65. The van der Waals surface area contributed by atoms with Gasteiger partial charge in [0.1, 0.15) is 0 Å². The van der Waals surface area contributed by atoms with Crippen LogP contribution in [0.3, 0.4) is 0 Å². The first kappa shape index (κ1) is 15.7. The maximum atomic E-state index is 13.9. The third-order valence-electron chi connectivity index (χ3n) is 4.13. The highest BCUT2D eigenvalue weighted by molar-refractivity contribution is 5.76. The standard InChI is InChI=1S/C15H21FN2O3/c1-21-9-3-6-15(14(19)20)5-2-8-18(11-15)13-4-7-17-10-12(13)16/h4,7,10H,2-3,5-6,8-9,11H2,1H3,(H,19,20)/t15-/m0/s1. The van der Waals surface area contributed by atoms with Crippen LogP contribution >= 0.6 is 0 Å². The summed E-state index contributed by atoms with van der Waals surface area (Å²) in [5.41, 5.74) is -0.394. The fourth-order valence-electron chi connectivity index (χ4n) is 3.00. The number of aromatic nitrogens is 1. The first-order valence-corrected chi connectivity index (χ1v) is 7.16. The number of halogens is 1. The molecule has 0 radical (unpaired) electrons. The Labute approximate surface area is 123 Å². The van der Waals surface area contributed by atoms with Gasteiger partial charge in [-0.3, -0.25) is 9.78 Å². The number of methoxy groups -OCH3 is 1. The lowest BCUT2D eigenvalue weighted by Crippen LogP contribution is -2.48. The molecule has 1 fully saturated rings. The van der Waals surface area contributed by atoms with E-state index in [1.165, 1.54) is 6.20 Å². The molecule has 0 bridgehead atoms. The lowest BCUT2D eigenvalue weighted by Gasteiger charge is -2.41. The Balaban J connectivity index is 2.16. The Morgan fingerprint density at radius 3 is 3.10 bits per heavy atom. The summed E-state index contributed by atoms with van der Waals surface area (Å²) in [6.45, 7) is 1.53. The average Bonchev–Trinajstić information content (AvgIpc) is 2.48.